The van der Waals surface area contributed by atoms with Gasteiger partial charge in [0.2, 0.25) is 15.9 Å². The molecule has 2 aromatic rings. The van der Waals surface area contributed by atoms with Crippen LogP contribution in [0, 0.1) is 5.92 Å². The van der Waals surface area contributed by atoms with Gasteiger partial charge in [0.05, 0.1) is 30.2 Å². The number of anilines is 1. The van der Waals surface area contributed by atoms with E-state index in [9.17, 15) is 31.5 Å². The summed E-state index contributed by atoms with van der Waals surface area (Å²) in [5.41, 5.74) is 1.29. The van der Waals surface area contributed by atoms with Gasteiger partial charge < -0.3 is 10.4 Å². The molecule has 1 aliphatic carbocycles. The lowest BCUT2D eigenvalue weighted by Crippen LogP contribution is -2.28. The minimum absolute atomic E-state index is 0.121. The first-order valence-corrected chi connectivity index (χ1v) is 11.5. The number of nitrogens with one attached hydrogen (secondary N) is 2. The lowest BCUT2D eigenvalue weighted by molar-refractivity contribution is -0.137. The van der Waals surface area contributed by atoms with Crippen molar-refractivity contribution < 1.29 is 31.5 Å². The first-order chi connectivity index (χ1) is 14.4. The molecule has 10 heteroatoms. The third-order valence-electron chi connectivity index (χ3n) is 5.25. The molecule has 6 nitrogen and oxygen atoms in total. The lowest BCUT2D eigenvalue weighted by atomic mass is 10.0. The van der Waals surface area contributed by atoms with Crippen LogP contribution in [-0.4, -0.2) is 25.7 Å². The molecule has 1 saturated carbocycles. The smallest absolute Gasteiger partial charge is 0.392 e. The quantitative estimate of drug-likeness (QED) is 0.594. The summed E-state index contributed by atoms with van der Waals surface area (Å²) in [7, 11) is -3.50. The maximum absolute atomic E-state index is 12.7. The number of halogens is 3. The number of carbonyl (C=O) groups is 1. The molecule has 1 aliphatic rings. The normalized spacial score (nSPS) is 19.5. The molecule has 31 heavy (non-hydrogen) atoms. The van der Waals surface area contributed by atoms with E-state index in [1.54, 1.807) is 19.1 Å². The fourth-order valence-electron chi connectivity index (χ4n) is 3.49. The average Bonchev–Trinajstić information content (AvgIpc) is 3.47. The van der Waals surface area contributed by atoms with E-state index in [1.807, 2.05) is 0 Å². The number of sulfonamides is 1. The zero-order chi connectivity index (χ0) is 23.0. The summed E-state index contributed by atoms with van der Waals surface area (Å²) in [6.45, 7) is 1.37. The fraction of sp³-hybridized carbons (Fsp3) is 0.381. The van der Waals surface area contributed by atoms with Crippen molar-refractivity contribution in [3.8, 4) is 0 Å². The maximum atomic E-state index is 12.7. The number of aliphatic hydroxyl groups excluding tert-OH is 1. The molecule has 168 valence electrons. The Bertz CT molecular complexity index is 1070. The number of aliphatic hydroxyl groups is 1. The monoisotopic (exact) mass is 456 g/mol. The summed E-state index contributed by atoms with van der Waals surface area (Å²) in [6, 6.07) is 9.24. The van der Waals surface area contributed by atoms with Crippen LogP contribution >= 0.6 is 0 Å². The first-order valence-electron chi connectivity index (χ1n) is 9.58. The Labute approximate surface area is 178 Å². The van der Waals surface area contributed by atoms with Crippen molar-refractivity contribution in [2.75, 3.05) is 11.0 Å². The van der Waals surface area contributed by atoms with Crippen molar-refractivity contribution in [2.24, 2.45) is 5.92 Å². The number of amides is 1. The van der Waals surface area contributed by atoms with Crippen LogP contribution in [-0.2, 0) is 27.6 Å². The molecule has 0 spiro atoms. The zero-order valence-electron chi connectivity index (χ0n) is 16.9. The Morgan fingerprint density at radius 1 is 1.19 bits per heavy atom. The Morgan fingerprint density at radius 2 is 1.84 bits per heavy atom. The summed E-state index contributed by atoms with van der Waals surface area (Å²) in [5.74, 6) is -0.646. The molecule has 2 aromatic carbocycles. The van der Waals surface area contributed by atoms with Crippen molar-refractivity contribution in [3.63, 3.8) is 0 Å². The molecule has 2 unspecified atom stereocenters. The van der Waals surface area contributed by atoms with Gasteiger partial charge in [0.1, 0.15) is 0 Å². The summed E-state index contributed by atoms with van der Waals surface area (Å²) in [5, 5.41) is 12.4. The zero-order valence-corrected chi connectivity index (χ0v) is 17.7. The third kappa shape index (κ3) is 5.76. The van der Waals surface area contributed by atoms with Crippen LogP contribution in [0.4, 0.5) is 18.9 Å². The Morgan fingerprint density at radius 3 is 2.39 bits per heavy atom. The summed E-state index contributed by atoms with van der Waals surface area (Å²) >= 11 is 0. The molecule has 0 aliphatic heterocycles. The van der Waals surface area contributed by atoms with Gasteiger partial charge in [-0.25, -0.2) is 8.42 Å². The van der Waals surface area contributed by atoms with Gasteiger partial charge in [-0.2, -0.15) is 13.2 Å². The predicted octanol–water partition coefficient (Wildman–Crippen LogP) is 3.55. The molecule has 0 saturated heterocycles. The molecule has 0 radical (unpaired) electrons. The highest BCUT2D eigenvalue weighted by atomic mass is 32.2. The molecule has 3 rings (SSSR count). The van der Waals surface area contributed by atoms with E-state index in [-0.39, 0.29) is 30.0 Å². The summed E-state index contributed by atoms with van der Waals surface area (Å²) in [6.07, 6.45) is -2.83. The number of hydrogen-bond donors (Lipinski definition) is 3. The van der Waals surface area contributed by atoms with Gasteiger partial charge in [0, 0.05) is 11.5 Å². The largest absolute Gasteiger partial charge is 0.416 e. The van der Waals surface area contributed by atoms with E-state index in [2.05, 4.69) is 10.0 Å². The number of carbonyl (C=O) groups excluding carboxylic acids is 1. The van der Waals surface area contributed by atoms with E-state index in [1.165, 1.54) is 18.2 Å². The van der Waals surface area contributed by atoms with Crippen molar-refractivity contribution >= 4 is 21.6 Å². The topological polar surface area (TPSA) is 95.5 Å². The average molecular weight is 456 g/mol. The number of benzene rings is 2. The van der Waals surface area contributed by atoms with Gasteiger partial charge in [0.15, 0.2) is 0 Å². The third-order valence-corrected chi connectivity index (χ3v) is 5.84. The van der Waals surface area contributed by atoms with Crippen LogP contribution in [0.5, 0.6) is 0 Å². The number of hydrogen-bond acceptors (Lipinski definition) is 4. The van der Waals surface area contributed by atoms with Crippen LogP contribution in [0.3, 0.4) is 0 Å². The minimum atomic E-state index is -4.39. The standard InChI is InChI=1S/C21H23F3N2O4S/c1-12(14-5-8-19(15(9-14)11-27)26-31(2,29)30)25-20(28)18-10-17(18)13-3-6-16(7-4-13)21(22,23)24/h3-9,12,17-18,26-27H,10-11H2,1-2H3,(H,25,28)/t12?,17?,18-/m1/s1. The molecule has 1 amide bonds. The van der Waals surface area contributed by atoms with Gasteiger partial charge in [-0.15, -0.1) is 0 Å². The van der Waals surface area contributed by atoms with E-state index in [4.69, 9.17) is 0 Å². The fourth-order valence-corrected chi connectivity index (χ4v) is 4.09. The first kappa shape index (κ1) is 23.1. The van der Waals surface area contributed by atoms with Crippen LogP contribution in [0.1, 0.15) is 47.6 Å². The van der Waals surface area contributed by atoms with Crippen molar-refractivity contribution in [1.29, 1.82) is 0 Å². The van der Waals surface area contributed by atoms with Crippen LogP contribution in [0.25, 0.3) is 0 Å². The van der Waals surface area contributed by atoms with Gasteiger partial charge >= 0.3 is 6.18 Å². The van der Waals surface area contributed by atoms with E-state index in [0.29, 0.717) is 23.1 Å². The number of alkyl halides is 3. The second kappa shape index (κ2) is 8.51. The van der Waals surface area contributed by atoms with E-state index >= 15 is 0 Å². The molecular formula is C21H23F3N2O4S. The van der Waals surface area contributed by atoms with E-state index < -0.39 is 27.8 Å². The van der Waals surface area contributed by atoms with Gasteiger partial charge in [-0.05, 0) is 54.7 Å². The molecule has 0 bridgehead atoms. The molecular weight excluding hydrogens is 433 g/mol. The molecule has 1 fully saturated rings. The van der Waals surface area contributed by atoms with Gasteiger partial charge in [-0.3, -0.25) is 9.52 Å². The van der Waals surface area contributed by atoms with Crippen LogP contribution in [0.2, 0.25) is 0 Å². The molecule has 0 aromatic heterocycles. The van der Waals surface area contributed by atoms with Crippen molar-refractivity contribution in [3.05, 3.63) is 64.7 Å². The number of rotatable bonds is 7. The summed E-state index contributed by atoms with van der Waals surface area (Å²) < 4.78 is 63.3. The second-order valence-corrected chi connectivity index (χ2v) is 9.50. The second-order valence-electron chi connectivity index (χ2n) is 7.75. The highest BCUT2D eigenvalue weighted by Crippen LogP contribution is 2.48. The molecule has 0 heterocycles. The van der Waals surface area contributed by atoms with Gasteiger partial charge in [-0.1, -0.05) is 18.2 Å². The van der Waals surface area contributed by atoms with Crippen molar-refractivity contribution in [2.45, 2.75) is 38.1 Å². The predicted molar refractivity (Wildman–Crippen MR) is 110 cm³/mol. The lowest BCUT2D eigenvalue weighted by Gasteiger charge is -2.17. The SMILES string of the molecule is CC(NC(=O)[C@@H]1CC1c1ccc(C(F)(F)F)cc1)c1ccc(NS(C)(=O)=O)c(CO)c1. The Balaban J connectivity index is 1.63. The van der Waals surface area contributed by atoms with Crippen LogP contribution in [0.15, 0.2) is 42.5 Å². The Kier molecular flexibility index (Phi) is 6.33. The molecule has 3 N–H and O–H groups in total. The minimum Gasteiger partial charge on any atom is -0.392 e. The van der Waals surface area contributed by atoms with Crippen molar-refractivity contribution in [1.82, 2.24) is 5.32 Å². The Hall–Kier alpha value is -2.59. The van der Waals surface area contributed by atoms with E-state index in [0.717, 1.165) is 18.4 Å². The summed E-state index contributed by atoms with van der Waals surface area (Å²) in [4.78, 5) is 12.6. The highest BCUT2D eigenvalue weighted by Gasteiger charge is 2.44. The van der Waals surface area contributed by atoms with Crippen LogP contribution < -0.4 is 10.0 Å². The molecule has 3 atom stereocenters. The highest BCUT2D eigenvalue weighted by molar-refractivity contribution is 7.92. The van der Waals surface area contributed by atoms with Gasteiger partial charge in [0.25, 0.3) is 0 Å². The maximum Gasteiger partial charge on any atom is 0.416 e.